The highest BCUT2D eigenvalue weighted by Crippen LogP contribution is 2.33. The van der Waals surface area contributed by atoms with Crippen molar-refractivity contribution in [2.45, 2.75) is 10.9 Å². The minimum atomic E-state index is -3.82. The molecule has 4 rings (SSSR count). The third-order valence-electron chi connectivity index (χ3n) is 4.68. The molecule has 1 aliphatic rings. The molecule has 0 fully saturated rings. The van der Waals surface area contributed by atoms with Gasteiger partial charge in [0.1, 0.15) is 19.0 Å². The Bertz CT molecular complexity index is 1080. The normalized spacial score (nSPS) is 14.2. The lowest BCUT2D eigenvalue weighted by Crippen LogP contribution is -2.29. The molecule has 1 heterocycles. The molecule has 3 aromatic rings. The largest absolute Gasteiger partial charge is 0.497 e. The summed E-state index contributed by atoms with van der Waals surface area (Å²) in [5.41, 5.74) is 1.64. The Morgan fingerprint density at radius 2 is 1.52 bits per heavy atom. The number of fused-ring (bicyclic) bond motifs is 1. The molecule has 7 heteroatoms. The molecule has 0 saturated heterocycles. The second-order valence-electron chi connectivity index (χ2n) is 6.54. The third-order valence-corrected chi connectivity index (χ3v) is 6.10. The monoisotopic (exact) mass is 411 g/mol. The Labute approximate surface area is 170 Å². The molecule has 1 aliphatic heterocycles. The second kappa shape index (κ2) is 8.14. The van der Waals surface area contributed by atoms with Crippen molar-refractivity contribution in [1.29, 1.82) is 0 Å². The zero-order chi connectivity index (χ0) is 20.3. The molecule has 29 heavy (non-hydrogen) atoms. The van der Waals surface area contributed by atoms with Gasteiger partial charge in [0.25, 0.3) is 0 Å². The van der Waals surface area contributed by atoms with Crippen LogP contribution >= 0.6 is 0 Å². The van der Waals surface area contributed by atoms with Crippen molar-refractivity contribution in [3.63, 3.8) is 0 Å². The van der Waals surface area contributed by atoms with Gasteiger partial charge in [-0.2, -0.15) is 4.72 Å². The average molecular weight is 411 g/mol. The molecule has 150 valence electrons. The highest BCUT2D eigenvalue weighted by atomic mass is 32.2. The van der Waals surface area contributed by atoms with E-state index < -0.39 is 16.1 Å². The SMILES string of the molecule is COc1ccc([C@@H](NS(=O)(=O)c2ccc3c(c2)OCCO3)c2ccccc2)cc1. The zero-order valence-corrected chi connectivity index (χ0v) is 16.7. The maximum atomic E-state index is 13.2. The van der Waals surface area contributed by atoms with Crippen molar-refractivity contribution in [2.24, 2.45) is 0 Å². The predicted molar refractivity (Wildman–Crippen MR) is 109 cm³/mol. The summed E-state index contributed by atoms with van der Waals surface area (Å²) in [5.74, 6) is 1.68. The summed E-state index contributed by atoms with van der Waals surface area (Å²) in [6.07, 6.45) is 0. The molecule has 0 bridgehead atoms. The minimum Gasteiger partial charge on any atom is -0.497 e. The van der Waals surface area contributed by atoms with Gasteiger partial charge in [-0.1, -0.05) is 42.5 Å². The van der Waals surface area contributed by atoms with Gasteiger partial charge in [0.15, 0.2) is 11.5 Å². The molecule has 0 saturated carbocycles. The summed E-state index contributed by atoms with van der Waals surface area (Å²) in [7, 11) is -2.23. The first kappa shape index (κ1) is 19.3. The third kappa shape index (κ3) is 4.21. The van der Waals surface area contributed by atoms with Crippen LogP contribution in [0.2, 0.25) is 0 Å². The summed E-state index contributed by atoms with van der Waals surface area (Å²) in [6, 6.07) is 20.8. The van der Waals surface area contributed by atoms with E-state index in [1.54, 1.807) is 13.2 Å². The highest BCUT2D eigenvalue weighted by molar-refractivity contribution is 7.89. The fourth-order valence-electron chi connectivity index (χ4n) is 3.18. The van der Waals surface area contributed by atoms with Crippen LogP contribution in [0.4, 0.5) is 0 Å². The van der Waals surface area contributed by atoms with Crippen LogP contribution in [0.15, 0.2) is 77.7 Å². The molecule has 1 N–H and O–H groups in total. The van der Waals surface area contributed by atoms with Crippen molar-refractivity contribution >= 4 is 10.0 Å². The van der Waals surface area contributed by atoms with Gasteiger partial charge in [-0.25, -0.2) is 8.42 Å². The number of ether oxygens (including phenoxy) is 3. The number of benzene rings is 3. The van der Waals surface area contributed by atoms with E-state index in [-0.39, 0.29) is 4.90 Å². The van der Waals surface area contributed by atoms with Crippen molar-refractivity contribution in [2.75, 3.05) is 20.3 Å². The van der Waals surface area contributed by atoms with E-state index in [9.17, 15) is 8.42 Å². The van der Waals surface area contributed by atoms with Gasteiger partial charge < -0.3 is 14.2 Å². The molecular weight excluding hydrogens is 390 g/mol. The molecule has 6 nitrogen and oxygen atoms in total. The van der Waals surface area contributed by atoms with Gasteiger partial charge in [0.05, 0.1) is 18.0 Å². The molecule has 0 aromatic heterocycles. The first-order valence-corrected chi connectivity index (χ1v) is 10.7. The van der Waals surface area contributed by atoms with Crippen LogP contribution in [0.1, 0.15) is 17.2 Å². The molecule has 0 amide bonds. The molecule has 0 spiro atoms. The topological polar surface area (TPSA) is 73.9 Å². The van der Waals surface area contributed by atoms with Gasteiger partial charge >= 0.3 is 0 Å². The molecule has 0 unspecified atom stereocenters. The minimum absolute atomic E-state index is 0.121. The van der Waals surface area contributed by atoms with Gasteiger partial charge in [0.2, 0.25) is 10.0 Å². The highest BCUT2D eigenvalue weighted by Gasteiger charge is 2.25. The Morgan fingerprint density at radius 3 is 2.21 bits per heavy atom. The fraction of sp³-hybridized carbons (Fsp3) is 0.182. The van der Waals surface area contributed by atoms with Gasteiger partial charge in [0, 0.05) is 6.07 Å². The van der Waals surface area contributed by atoms with Crippen LogP contribution in [-0.2, 0) is 10.0 Å². The van der Waals surface area contributed by atoms with E-state index in [2.05, 4.69) is 4.72 Å². The number of rotatable bonds is 6. The number of sulfonamides is 1. The zero-order valence-electron chi connectivity index (χ0n) is 15.9. The first-order valence-electron chi connectivity index (χ1n) is 9.18. The maximum absolute atomic E-state index is 13.2. The number of hydrogen-bond acceptors (Lipinski definition) is 5. The van der Waals surface area contributed by atoms with Crippen LogP contribution in [-0.4, -0.2) is 28.7 Å². The Balaban J connectivity index is 1.69. The van der Waals surface area contributed by atoms with E-state index in [0.29, 0.717) is 30.5 Å². The van der Waals surface area contributed by atoms with E-state index >= 15 is 0 Å². The first-order chi connectivity index (χ1) is 14.1. The van der Waals surface area contributed by atoms with Crippen LogP contribution < -0.4 is 18.9 Å². The summed E-state index contributed by atoms with van der Waals surface area (Å²) in [4.78, 5) is 0.121. The Hall–Kier alpha value is -3.03. The summed E-state index contributed by atoms with van der Waals surface area (Å²) in [6.45, 7) is 0.841. The lowest BCUT2D eigenvalue weighted by molar-refractivity contribution is 0.171. The summed E-state index contributed by atoms with van der Waals surface area (Å²) >= 11 is 0. The lowest BCUT2D eigenvalue weighted by atomic mass is 10.00. The van der Waals surface area contributed by atoms with Crippen molar-refractivity contribution in [3.05, 3.63) is 83.9 Å². The van der Waals surface area contributed by atoms with Crippen molar-refractivity contribution in [1.82, 2.24) is 4.72 Å². The molecule has 1 atom stereocenters. The summed E-state index contributed by atoms with van der Waals surface area (Å²) < 4.78 is 45.4. The number of methoxy groups -OCH3 is 1. The van der Waals surface area contributed by atoms with Crippen LogP contribution in [0.3, 0.4) is 0 Å². The summed E-state index contributed by atoms with van der Waals surface area (Å²) in [5, 5.41) is 0. The van der Waals surface area contributed by atoms with E-state index in [1.165, 1.54) is 12.1 Å². The Morgan fingerprint density at radius 1 is 0.862 bits per heavy atom. The van der Waals surface area contributed by atoms with Crippen LogP contribution in [0.25, 0.3) is 0 Å². The standard InChI is InChI=1S/C22H21NO5S/c1-26-18-9-7-17(8-10-18)22(16-5-3-2-4-6-16)23-29(24,25)19-11-12-20-21(15-19)28-14-13-27-20/h2-12,15,22-23H,13-14H2,1H3/t22-/m0/s1. The molecule has 3 aromatic carbocycles. The number of hydrogen-bond donors (Lipinski definition) is 1. The van der Waals surface area contributed by atoms with Gasteiger partial charge in [-0.3, -0.25) is 0 Å². The van der Waals surface area contributed by atoms with Crippen LogP contribution in [0.5, 0.6) is 17.2 Å². The average Bonchev–Trinajstić information content (AvgIpc) is 2.78. The smallest absolute Gasteiger partial charge is 0.241 e. The number of nitrogens with one attached hydrogen (secondary N) is 1. The van der Waals surface area contributed by atoms with E-state index in [1.807, 2.05) is 54.6 Å². The van der Waals surface area contributed by atoms with E-state index in [4.69, 9.17) is 14.2 Å². The van der Waals surface area contributed by atoms with Gasteiger partial charge in [-0.15, -0.1) is 0 Å². The molecular formula is C22H21NO5S. The van der Waals surface area contributed by atoms with Crippen LogP contribution in [0, 0.1) is 0 Å². The van der Waals surface area contributed by atoms with E-state index in [0.717, 1.165) is 11.1 Å². The second-order valence-corrected chi connectivity index (χ2v) is 8.26. The maximum Gasteiger partial charge on any atom is 0.241 e. The molecule has 0 radical (unpaired) electrons. The van der Waals surface area contributed by atoms with Gasteiger partial charge in [-0.05, 0) is 35.4 Å². The predicted octanol–water partition coefficient (Wildman–Crippen LogP) is 3.53. The quantitative estimate of drug-likeness (QED) is 0.672. The molecule has 0 aliphatic carbocycles. The van der Waals surface area contributed by atoms with Crippen molar-refractivity contribution < 1.29 is 22.6 Å². The fourth-order valence-corrected chi connectivity index (χ4v) is 4.41. The Kier molecular flexibility index (Phi) is 5.42. The van der Waals surface area contributed by atoms with Crippen molar-refractivity contribution in [3.8, 4) is 17.2 Å². The lowest BCUT2D eigenvalue weighted by Gasteiger charge is -2.22.